The van der Waals surface area contributed by atoms with Gasteiger partial charge in [-0.25, -0.2) is 0 Å². The van der Waals surface area contributed by atoms with Crippen molar-refractivity contribution in [2.24, 2.45) is 0 Å². The minimum Gasteiger partial charge on any atom is -0.305 e. The van der Waals surface area contributed by atoms with Crippen LogP contribution in [0.5, 0.6) is 0 Å². The first kappa shape index (κ1) is 5.48. The maximum absolute atomic E-state index is 3.27. The molecule has 1 aliphatic carbocycles. The van der Waals surface area contributed by atoms with E-state index in [1.165, 1.54) is 25.7 Å². The van der Waals surface area contributed by atoms with Crippen LogP contribution in [-0.2, 0) is 0 Å². The standard InChI is InChI=1S/C8H12N/c1-2-4-8-6-9-5-7(8)3-1/h5,9H,1-4,6H2. The van der Waals surface area contributed by atoms with E-state index in [1.807, 2.05) is 0 Å². The van der Waals surface area contributed by atoms with Gasteiger partial charge in [-0.3, -0.25) is 0 Å². The van der Waals surface area contributed by atoms with Crippen LogP contribution in [0, 0.1) is 6.54 Å². The Bertz CT molecular complexity index is 131. The molecule has 0 unspecified atom stereocenters. The molecule has 49 valence electrons. The zero-order chi connectivity index (χ0) is 6.10. The molecule has 0 amide bonds. The molecule has 0 aromatic rings. The van der Waals surface area contributed by atoms with E-state index in [0.29, 0.717) is 0 Å². The second-order valence-electron chi connectivity index (χ2n) is 2.86. The van der Waals surface area contributed by atoms with Crippen molar-refractivity contribution in [3.05, 3.63) is 17.7 Å². The molecule has 2 rings (SSSR count). The largest absolute Gasteiger partial charge is 0.305 e. The van der Waals surface area contributed by atoms with Crippen molar-refractivity contribution in [3.8, 4) is 0 Å². The van der Waals surface area contributed by atoms with Gasteiger partial charge in [-0.15, -0.1) is 0 Å². The van der Waals surface area contributed by atoms with Crippen LogP contribution in [0.25, 0.3) is 0 Å². The fourth-order valence-electron chi connectivity index (χ4n) is 1.66. The molecule has 1 aliphatic heterocycles. The molecule has 9 heavy (non-hydrogen) atoms. The van der Waals surface area contributed by atoms with Crippen molar-refractivity contribution < 1.29 is 0 Å². The smallest absolute Gasteiger partial charge is 0.0480 e. The first-order valence-electron chi connectivity index (χ1n) is 3.74. The molecule has 2 aliphatic rings. The Morgan fingerprint density at radius 3 is 3.00 bits per heavy atom. The van der Waals surface area contributed by atoms with E-state index in [2.05, 4.69) is 11.9 Å². The first-order chi connectivity index (χ1) is 4.47. The van der Waals surface area contributed by atoms with E-state index in [0.717, 1.165) is 6.54 Å². The second kappa shape index (κ2) is 2.14. The van der Waals surface area contributed by atoms with Crippen LogP contribution in [0.3, 0.4) is 0 Å². The molecule has 1 radical (unpaired) electrons. The van der Waals surface area contributed by atoms with Crippen molar-refractivity contribution >= 4 is 0 Å². The van der Waals surface area contributed by atoms with Gasteiger partial charge in [0.25, 0.3) is 0 Å². The Morgan fingerprint density at radius 1 is 1.22 bits per heavy atom. The lowest BCUT2D eigenvalue weighted by Gasteiger charge is -2.11. The number of hydrogen-bond acceptors (Lipinski definition) is 1. The molecule has 0 bridgehead atoms. The van der Waals surface area contributed by atoms with Crippen molar-refractivity contribution in [2.75, 3.05) is 6.54 Å². The van der Waals surface area contributed by atoms with Gasteiger partial charge in [0.15, 0.2) is 0 Å². The fraction of sp³-hybridized carbons (Fsp3) is 0.625. The zero-order valence-corrected chi connectivity index (χ0v) is 5.61. The van der Waals surface area contributed by atoms with Crippen LogP contribution in [0.1, 0.15) is 25.7 Å². The van der Waals surface area contributed by atoms with Gasteiger partial charge in [0.2, 0.25) is 0 Å². The highest BCUT2D eigenvalue weighted by molar-refractivity contribution is 5.29. The summed E-state index contributed by atoms with van der Waals surface area (Å²) in [5.41, 5.74) is 3.27. The minimum absolute atomic E-state index is 1.13. The molecule has 0 saturated carbocycles. The van der Waals surface area contributed by atoms with E-state index < -0.39 is 0 Å². The minimum atomic E-state index is 1.13. The summed E-state index contributed by atoms with van der Waals surface area (Å²) >= 11 is 0. The second-order valence-corrected chi connectivity index (χ2v) is 2.86. The summed E-state index contributed by atoms with van der Waals surface area (Å²) in [6.45, 7) is 3.32. The van der Waals surface area contributed by atoms with Crippen LogP contribution in [0.4, 0.5) is 0 Å². The highest BCUT2D eigenvalue weighted by Gasteiger charge is 2.16. The molecular formula is C8H12N. The average molecular weight is 122 g/mol. The monoisotopic (exact) mass is 122 g/mol. The van der Waals surface area contributed by atoms with E-state index in [9.17, 15) is 0 Å². The lowest BCUT2D eigenvalue weighted by atomic mass is 9.94. The van der Waals surface area contributed by atoms with Crippen LogP contribution in [0.2, 0.25) is 0 Å². The van der Waals surface area contributed by atoms with Crippen molar-refractivity contribution in [3.63, 3.8) is 0 Å². The molecular weight excluding hydrogens is 110 g/mol. The third-order valence-corrected chi connectivity index (χ3v) is 2.22. The lowest BCUT2D eigenvalue weighted by molar-refractivity contribution is 0.685. The normalized spacial score (nSPS) is 26.7. The van der Waals surface area contributed by atoms with Gasteiger partial charge in [0.1, 0.15) is 0 Å². The van der Waals surface area contributed by atoms with Crippen LogP contribution < -0.4 is 5.32 Å². The summed E-state index contributed by atoms with van der Waals surface area (Å²) in [6.07, 6.45) is 5.48. The summed E-state index contributed by atoms with van der Waals surface area (Å²) in [6, 6.07) is 0. The predicted octanol–water partition coefficient (Wildman–Crippen LogP) is 1.62. The maximum atomic E-state index is 3.27. The van der Waals surface area contributed by atoms with Crippen molar-refractivity contribution in [1.82, 2.24) is 5.32 Å². The number of rotatable bonds is 0. The van der Waals surface area contributed by atoms with Crippen LogP contribution >= 0.6 is 0 Å². The van der Waals surface area contributed by atoms with Gasteiger partial charge < -0.3 is 5.32 Å². The quantitative estimate of drug-likeness (QED) is 0.515. The number of hydrogen-bond donors (Lipinski definition) is 1. The van der Waals surface area contributed by atoms with Gasteiger partial charge in [-0.2, -0.15) is 0 Å². The van der Waals surface area contributed by atoms with Gasteiger partial charge >= 0.3 is 0 Å². The van der Waals surface area contributed by atoms with E-state index in [4.69, 9.17) is 0 Å². The van der Waals surface area contributed by atoms with Crippen molar-refractivity contribution in [1.29, 1.82) is 0 Å². The maximum Gasteiger partial charge on any atom is 0.0480 e. The summed E-state index contributed by atoms with van der Waals surface area (Å²) in [7, 11) is 0. The van der Waals surface area contributed by atoms with Crippen LogP contribution in [0.15, 0.2) is 11.1 Å². The highest BCUT2D eigenvalue weighted by Crippen LogP contribution is 2.28. The number of nitrogens with one attached hydrogen (secondary N) is 1. The summed E-state index contributed by atoms with van der Waals surface area (Å²) in [4.78, 5) is 0. The SMILES string of the molecule is [CH]1NCC2=C1CCCC2. The van der Waals surface area contributed by atoms with E-state index in [-0.39, 0.29) is 0 Å². The van der Waals surface area contributed by atoms with Gasteiger partial charge in [0.05, 0.1) is 0 Å². The van der Waals surface area contributed by atoms with Gasteiger partial charge in [0, 0.05) is 13.1 Å². The Hall–Kier alpha value is -0.300. The molecule has 0 aromatic heterocycles. The Kier molecular flexibility index (Phi) is 1.31. The summed E-state index contributed by atoms with van der Waals surface area (Å²) in [5.74, 6) is 0. The third-order valence-electron chi connectivity index (χ3n) is 2.22. The molecule has 1 nitrogen and oxygen atoms in total. The van der Waals surface area contributed by atoms with Gasteiger partial charge in [-0.1, -0.05) is 11.1 Å². The first-order valence-corrected chi connectivity index (χ1v) is 3.74. The van der Waals surface area contributed by atoms with E-state index in [1.54, 1.807) is 11.1 Å². The highest BCUT2D eigenvalue weighted by atomic mass is 14.9. The fourth-order valence-corrected chi connectivity index (χ4v) is 1.66. The third kappa shape index (κ3) is 0.897. The molecule has 1 heterocycles. The summed E-state index contributed by atoms with van der Waals surface area (Å²) < 4.78 is 0. The van der Waals surface area contributed by atoms with Crippen molar-refractivity contribution in [2.45, 2.75) is 25.7 Å². The van der Waals surface area contributed by atoms with E-state index >= 15 is 0 Å². The Morgan fingerprint density at radius 2 is 2.11 bits per heavy atom. The predicted molar refractivity (Wildman–Crippen MR) is 37.8 cm³/mol. The molecule has 0 saturated heterocycles. The molecule has 1 N–H and O–H groups in total. The van der Waals surface area contributed by atoms with Crippen LogP contribution in [-0.4, -0.2) is 6.54 Å². The molecule has 1 heteroatoms. The molecule has 0 fully saturated rings. The average Bonchev–Trinajstić information content (AvgIpc) is 2.33. The lowest BCUT2D eigenvalue weighted by Crippen LogP contribution is -2.03. The van der Waals surface area contributed by atoms with Gasteiger partial charge in [-0.05, 0) is 25.7 Å². The Balaban J connectivity index is 2.17. The Labute approximate surface area is 56.1 Å². The molecule has 0 aromatic carbocycles. The topological polar surface area (TPSA) is 12.0 Å². The molecule has 0 spiro atoms. The zero-order valence-electron chi connectivity index (χ0n) is 5.61. The molecule has 0 atom stereocenters. The summed E-state index contributed by atoms with van der Waals surface area (Å²) in [5, 5.41) is 3.27.